The van der Waals surface area contributed by atoms with E-state index in [1.54, 1.807) is 4.90 Å². The molecule has 1 aromatic carbocycles. The molecule has 1 aliphatic rings. The minimum atomic E-state index is -0.394. The van der Waals surface area contributed by atoms with Crippen LogP contribution in [0.1, 0.15) is 11.1 Å². The fraction of sp³-hybridized carbons (Fsp3) is 0.500. The summed E-state index contributed by atoms with van der Waals surface area (Å²) in [6.07, 6.45) is 0. The Bertz CT molecular complexity index is 417. The second kappa shape index (κ2) is 8.85. The van der Waals surface area contributed by atoms with Crippen molar-refractivity contribution in [2.75, 3.05) is 32.8 Å². The molecule has 0 saturated carbocycles. The smallest absolute Gasteiger partial charge is 0.248 e. The number of piperazine rings is 1. The molecule has 0 spiro atoms. The molecular weight excluding hydrogens is 331 g/mol. The van der Waals surface area contributed by atoms with E-state index in [0.717, 1.165) is 25.2 Å². The van der Waals surface area contributed by atoms with Crippen molar-refractivity contribution in [2.45, 2.75) is 13.1 Å². The topological polar surface area (TPSA) is 67.6 Å². The van der Waals surface area contributed by atoms with Crippen LogP contribution in [-0.2, 0) is 50.6 Å². The van der Waals surface area contributed by atoms with Crippen LogP contribution in [0.2, 0.25) is 0 Å². The summed E-state index contributed by atoms with van der Waals surface area (Å²) in [5.41, 5.74) is 9.54. The molecule has 1 radical (unpaired) electrons. The first kappa shape index (κ1) is 17.7. The SMILES string of the molecule is [NH-]Cc1ccc(CN2CCN(C(=O)CO)CC2)cc1.[Y]. The summed E-state index contributed by atoms with van der Waals surface area (Å²) in [6.45, 7) is 3.85. The summed E-state index contributed by atoms with van der Waals surface area (Å²) in [4.78, 5) is 15.4. The van der Waals surface area contributed by atoms with Gasteiger partial charge >= 0.3 is 0 Å². The molecule has 1 aliphatic heterocycles. The molecule has 0 aromatic heterocycles. The third-order valence-corrected chi connectivity index (χ3v) is 3.49. The van der Waals surface area contributed by atoms with Gasteiger partial charge in [0.15, 0.2) is 0 Å². The zero-order chi connectivity index (χ0) is 13.7. The van der Waals surface area contributed by atoms with Gasteiger partial charge in [0.2, 0.25) is 5.91 Å². The van der Waals surface area contributed by atoms with E-state index in [0.29, 0.717) is 19.6 Å². The Morgan fingerprint density at radius 1 is 1.10 bits per heavy atom. The van der Waals surface area contributed by atoms with Gasteiger partial charge in [-0.1, -0.05) is 29.8 Å². The first-order valence-electron chi connectivity index (χ1n) is 6.56. The molecule has 2 rings (SSSR count). The molecule has 0 atom stereocenters. The maximum absolute atomic E-state index is 11.3. The quantitative estimate of drug-likeness (QED) is 0.876. The Kier molecular flexibility index (Phi) is 7.84. The summed E-state index contributed by atoms with van der Waals surface area (Å²) in [7, 11) is 0. The number of aliphatic hydroxyl groups is 1. The van der Waals surface area contributed by atoms with E-state index in [2.05, 4.69) is 17.0 Å². The second-order valence-corrected chi connectivity index (χ2v) is 4.81. The van der Waals surface area contributed by atoms with Crippen LogP contribution in [0.5, 0.6) is 0 Å². The zero-order valence-electron chi connectivity index (χ0n) is 11.6. The summed E-state index contributed by atoms with van der Waals surface area (Å²) in [5, 5.41) is 8.82. The number of aliphatic hydroxyl groups excluding tert-OH is 1. The van der Waals surface area contributed by atoms with Gasteiger partial charge in [-0.05, 0) is 5.56 Å². The van der Waals surface area contributed by atoms with Crippen molar-refractivity contribution in [3.63, 3.8) is 0 Å². The summed E-state index contributed by atoms with van der Waals surface area (Å²) < 4.78 is 0. The molecule has 107 valence electrons. The van der Waals surface area contributed by atoms with Crippen molar-refractivity contribution < 1.29 is 42.6 Å². The molecule has 20 heavy (non-hydrogen) atoms. The molecule has 5 nitrogen and oxygen atoms in total. The maximum Gasteiger partial charge on any atom is 0.248 e. The number of benzene rings is 1. The van der Waals surface area contributed by atoms with Gasteiger partial charge in [0.25, 0.3) is 0 Å². The average Bonchev–Trinajstić information content (AvgIpc) is 2.48. The van der Waals surface area contributed by atoms with E-state index in [9.17, 15) is 4.79 Å². The summed E-state index contributed by atoms with van der Waals surface area (Å²) >= 11 is 0. The largest absolute Gasteiger partial charge is 0.674 e. The van der Waals surface area contributed by atoms with Crippen molar-refractivity contribution in [3.05, 3.63) is 41.1 Å². The molecular formula is C14H20N3O2Y-. The molecule has 2 N–H and O–H groups in total. The van der Waals surface area contributed by atoms with Crippen molar-refractivity contribution >= 4 is 5.91 Å². The Labute approximate surface area is 145 Å². The predicted molar refractivity (Wildman–Crippen MR) is 73.4 cm³/mol. The standard InChI is InChI=1S/C14H20N3O2.Y/c15-9-12-1-3-13(4-2-12)10-16-5-7-17(8-6-16)14(19)11-18;/h1-4,15,18H,5-11H2;/q-1;. The second-order valence-electron chi connectivity index (χ2n) is 4.81. The van der Waals surface area contributed by atoms with Crippen molar-refractivity contribution in [3.8, 4) is 0 Å². The number of nitrogens with zero attached hydrogens (tertiary/aromatic N) is 2. The van der Waals surface area contributed by atoms with E-state index >= 15 is 0 Å². The monoisotopic (exact) mass is 351 g/mol. The number of carbonyl (C=O) groups is 1. The van der Waals surface area contributed by atoms with E-state index in [4.69, 9.17) is 10.8 Å². The normalized spacial score (nSPS) is 15.8. The third-order valence-electron chi connectivity index (χ3n) is 3.49. The van der Waals surface area contributed by atoms with E-state index in [1.807, 2.05) is 12.1 Å². The first-order valence-corrected chi connectivity index (χ1v) is 6.56. The molecule has 0 unspecified atom stereocenters. The van der Waals surface area contributed by atoms with E-state index in [1.165, 1.54) is 5.56 Å². The molecule has 0 aliphatic carbocycles. The van der Waals surface area contributed by atoms with E-state index in [-0.39, 0.29) is 38.6 Å². The van der Waals surface area contributed by atoms with Crippen molar-refractivity contribution in [1.29, 1.82) is 0 Å². The summed E-state index contributed by atoms with van der Waals surface area (Å²) in [5.74, 6) is -0.181. The van der Waals surface area contributed by atoms with Crippen molar-refractivity contribution in [1.82, 2.24) is 9.80 Å². The van der Waals surface area contributed by atoms with E-state index < -0.39 is 6.61 Å². The fourth-order valence-electron chi connectivity index (χ4n) is 2.28. The van der Waals surface area contributed by atoms with Crippen LogP contribution < -0.4 is 0 Å². The van der Waals surface area contributed by atoms with Crippen LogP contribution in [0.3, 0.4) is 0 Å². The predicted octanol–water partition coefficient (Wildman–Crippen LogP) is 0.873. The molecule has 1 aromatic rings. The number of rotatable bonds is 4. The summed E-state index contributed by atoms with van der Waals surface area (Å²) in [6, 6.07) is 8.12. The van der Waals surface area contributed by atoms with Crippen LogP contribution in [-0.4, -0.2) is 53.6 Å². The van der Waals surface area contributed by atoms with Gasteiger partial charge in [-0.2, -0.15) is 0 Å². The van der Waals surface area contributed by atoms with Crippen LogP contribution >= 0.6 is 0 Å². The number of carbonyl (C=O) groups excluding carboxylic acids is 1. The molecule has 1 saturated heterocycles. The van der Waals surface area contributed by atoms with Gasteiger partial charge in [-0.3, -0.25) is 9.69 Å². The van der Waals surface area contributed by atoms with Gasteiger partial charge in [-0.15, -0.1) is 6.54 Å². The van der Waals surface area contributed by atoms with Crippen LogP contribution in [0.25, 0.3) is 5.73 Å². The van der Waals surface area contributed by atoms with Crippen LogP contribution in [0.15, 0.2) is 24.3 Å². The molecule has 0 bridgehead atoms. The minimum absolute atomic E-state index is 0. The van der Waals surface area contributed by atoms with Crippen LogP contribution in [0.4, 0.5) is 0 Å². The Morgan fingerprint density at radius 2 is 1.65 bits per heavy atom. The number of hydrogen-bond acceptors (Lipinski definition) is 3. The zero-order valence-corrected chi connectivity index (χ0v) is 14.4. The van der Waals surface area contributed by atoms with Gasteiger partial charge in [0.05, 0.1) is 0 Å². The molecule has 1 fully saturated rings. The first-order chi connectivity index (χ1) is 9.22. The molecule has 1 amide bonds. The number of amides is 1. The minimum Gasteiger partial charge on any atom is -0.674 e. The van der Waals surface area contributed by atoms with Gasteiger partial charge in [-0.25, -0.2) is 0 Å². The third kappa shape index (κ3) is 4.90. The molecule has 1 heterocycles. The van der Waals surface area contributed by atoms with Gasteiger partial charge in [0.1, 0.15) is 6.61 Å². The van der Waals surface area contributed by atoms with Gasteiger partial charge < -0.3 is 15.7 Å². The molecule has 6 heteroatoms. The maximum atomic E-state index is 11.3. The van der Waals surface area contributed by atoms with Crippen molar-refractivity contribution in [2.24, 2.45) is 0 Å². The van der Waals surface area contributed by atoms with Crippen LogP contribution in [0, 0.1) is 0 Å². The number of hydrogen-bond donors (Lipinski definition) is 1. The van der Waals surface area contributed by atoms with Gasteiger partial charge in [0, 0.05) is 65.4 Å². The Balaban J connectivity index is 0.00000200. The Hall–Kier alpha value is -0.326. The number of nitrogens with one attached hydrogen (secondary N) is 1. The Morgan fingerprint density at radius 3 is 2.15 bits per heavy atom. The average molecular weight is 351 g/mol. The fourth-order valence-corrected chi connectivity index (χ4v) is 2.28.